The summed E-state index contributed by atoms with van der Waals surface area (Å²) in [5, 5.41) is 13.7. The molecule has 0 atom stereocenters. The van der Waals surface area contributed by atoms with Gasteiger partial charge in [-0.15, -0.1) is 0 Å². The van der Waals surface area contributed by atoms with Crippen LogP contribution >= 0.6 is 0 Å². The first-order valence-electron chi connectivity index (χ1n) is 4.58. The van der Waals surface area contributed by atoms with Gasteiger partial charge in [-0.2, -0.15) is 10.2 Å². The van der Waals surface area contributed by atoms with Gasteiger partial charge in [0.25, 0.3) is 0 Å². The van der Waals surface area contributed by atoms with Crippen LogP contribution in [0.3, 0.4) is 0 Å². The van der Waals surface area contributed by atoms with Gasteiger partial charge >= 0.3 is 0 Å². The van der Waals surface area contributed by atoms with Gasteiger partial charge in [-0.05, 0) is 5.22 Å². The minimum Gasteiger partial charge on any atom is -0.386 e. The Hall–Kier alpha value is -1.90. The van der Waals surface area contributed by atoms with Gasteiger partial charge in [0.1, 0.15) is 5.70 Å². The van der Waals surface area contributed by atoms with Crippen molar-refractivity contribution in [1.29, 1.82) is 0 Å². The molecule has 0 saturated carbocycles. The first-order chi connectivity index (χ1) is 6.95. The average molecular weight is 183 g/mol. The van der Waals surface area contributed by atoms with Crippen LogP contribution in [0.4, 0.5) is 0 Å². The largest absolute Gasteiger partial charge is 0.386 e. The van der Waals surface area contributed by atoms with Gasteiger partial charge in [-0.3, -0.25) is 0 Å². The normalized spacial score (nSPS) is 17.4. The highest BCUT2D eigenvalue weighted by molar-refractivity contribution is 5.66. The summed E-state index contributed by atoms with van der Waals surface area (Å²) in [6.45, 7) is 0.803. The second-order valence-corrected chi connectivity index (χ2v) is 3.33. The van der Waals surface area contributed by atoms with E-state index >= 15 is 0 Å². The maximum atomic E-state index is 4.15. The Morgan fingerprint density at radius 3 is 3.14 bits per heavy atom. The molecule has 2 aliphatic rings. The van der Waals surface area contributed by atoms with Crippen molar-refractivity contribution in [2.24, 2.45) is 10.2 Å². The van der Waals surface area contributed by atoms with Crippen molar-refractivity contribution in [2.45, 2.75) is 0 Å². The van der Waals surface area contributed by atoms with E-state index in [4.69, 9.17) is 0 Å². The quantitative estimate of drug-likeness (QED) is 0.624. The number of rotatable bonds is 0. The molecule has 2 heterocycles. The predicted octanol–water partition coefficient (Wildman–Crippen LogP) is 0.486. The molecule has 68 valence electrons. The maximum Gasteiger partial charge on any atom is 0.100 e. The number of hydrogen-bond donors (Lipinski definition) is 1. The lowest BCUT2D eigenvalue weighted by Crippen LogP contribution is -2.26. The zero-order valence-electron chi connectivity index (χ0n) is 7.57. The van der Waals surface area contributed by atoms with E-state index in [2.05, 4.69) is 27.7 Å². The number of azo groups is 1. The first-order valence-corrected chi connectivity index (χ1v) is 4.58. The standard InChI is InChI=1S/C11H9N3/c1-2-4-10-8(3-1)5-12-6-9-7-13-14-11(9)10/h1-5,7,12H,6H2. The summed E-state index contributed by atoms with van der Waals surface area (Å²) in [5.41, 5.74) is 2.16. The van der Waals surface area contributed by atoms with Crippen LogP contribution in [0.15, 0.2) is 46.3 Å². The van der Waals surface area contributed by atoms with E-state index in [0.29, 0.717) is 0 Å². The van der Waals surface area contributed by atoms with Gasteiger partial charge in [-0.1, -0.05) is 24.3 Å². The van der Waals surface area contributed by atoms with Crippen LogP contribution in [-0.4, -0.2) is 6.54 Å². The third-order valence-electron chi connectivity index (χ3n) is 2.44. The molecule has 0 fully saturated rings. The van der Waals surface area contributed by atoms with E-state index < -0.39 is 0 Å². The zero-order valence-corrected chi connectivity index (χ0v) is 7.57. The van der Waals surface area contributed by atoms with Crippen LogP contribution in [0.25, 0.3) is 11.9 Å². The van der Waals surface area contributed by atoms with Crippen LogP contribution in [-0.2, 0) is 0 Å². The molecule has 2 aliphatic heterocycles. The number of nitrogens with one attached hydrogen (secondary N) is 1. The minimum absolute atomic E-state index is 0.803. The van der Waals surface area contributed by atoms with Gasteiger partial charge in [0.15, 0.2) is 0 Å². The van der Waals surface area contributed by atoms with Gasteiger partial charge < -0.3 is 5.32 Å². The van der Waals surface area contributed by atoms with E-state index in [9.17, 15) is 0 Å². The highest BCUT2D eigenvalue weighted by atomic mass is 15.1. The summed E-state index contributed by atoms with van der Waals surface area (Å²) in [5.74, 6) is 0. The molecule has 3 rings (SSSR count). The van der Waals surface area contributed by atoms with Crippen LogP contribution in [0.2, 0.25) is 0 Å². The molecule has 0 spiro atoms. The second kappa shape index (κ2) is 2.80. The Morgan fingerprint density at radius 1 is 1.21 bits per heavy atom. The third-order valence-corrected chi connectivity index (χ3v) is 2.44. The molecule has 3 nitrogen and oxygen atoms in total. The van der Waals surface area contributed by atoms with Crippen molar-refractivity contribution in [3.05, 3.63) is 46.5 Å². The monoisotopic (exact) mass is 183 g/mol. The van der Waals surface area contributed by atoms with E-state index in [1.807, 2.05) is 24.5 Å². The summed E-state index contributed by atoms with van der Waals surface area (Å²) in [6.07, 6.45) is 3.84. The summed E-state index contributed by atoms with van der Waals surface area (Å²) in [7, 11) is 0. The lowest BCUT2D eigenvalue weighted by atomic mass is 10.1. The lowest BCUT2D eigenvalue weighted by Gasteiger charge is -1.97. The average Bonchev–Trinajstić information content (AvgIpc) is 2.61. The predicted molar refractivity (Wildman–Crippen MR) is 54.5 cm³/mol. The molecular weight excluding hydrogens is 174 g/mol. The molecule has 0 radical (unpaired) electrons. The summed E-state index contributed by atoms with van der Waals surface area (Å²) in [4.78, 5) is 0. The fourth-order valence-corrected chi connectivity index (χ4v) is 1.75. The van der Waals surface area contributed by atoms with Crippen molar-refractivity contribution in [3.8, 4) is 0 Å². The van der Waals surface area contributed by atoms with Crippen molar-refractivity contribution in [2.75, 3.05) is 6.54 Å². The molecule has 1 aromatic carbocycles. The first kappa shape index (κ1) is 7.50. The summed E-state index contributed by atoms with van der Waals surface area (Å²) < 4.78 is 0. The van der Waals surface area contributed by atoms with Crippen LogP contribution < -0.4 is 15.8 Å². The molecule has 14 heavy (non-hydrogen) atoms. The zero-order chi connectivity index (χ0) is 9.38. The Kier molecular flexibility index (Phi) is 1.50. The fraction of sp³-hybridized carbons (Fsp3) is 0.0909. The topological polar surface area (TPSA) is 36.8 Å². The number of fused-ring (bicyclic) bond motifs is 2. The molecule has 0 amide bonds. The molecule has 1 aromatic rings. The number of hydrogen-bond acceptors (Lipinski definition) is 3. The summed E-state index contributed by atoms with van der Waals surface area (Å²) >= 11 is 0. The molecule has 0 saturated heterocycles. The highest BCUT2D eigenvalue weighted by Gasteiger charge is 2.12. The minimum atomic E-state index is 0.803. The number of nitrogens with zero attached hydrogens (tertiary/aromatic N) is 2. The van der Waals surface area contributed by atoms with E-state index in [0.717, 1.165) is 23.0 Å². The molecular formula is C11H9N3. The van der Waals surface area contributed by atoms with E-state index in [1.54, 1.807) is 0 Å². The van der Waals surface area contributed by atoms with E-state index in [1.165, 1.54) is 5.22 Å². The fourth-order valence-electron chi connectivity index (χ4n) is 1.75. The van der Waals surface area contributed by atoms with Crippen molar-refractivity contribution in [3.63, 3.8) is 0 Å². The highest BCUT2D eigenvalue weighted by Crippen LogP contribution is 2.17. The van der Waals surface area contributed by atoms with Gasteiger partial charge in [0.05, 0.1) is 6.20 Å². The van der Waals surface area contributed by atoms with Crippen molar-refractivity contribution < 1.29 is 0 Å². The Labute approximate surface area is 81.2 Å². The number of benzene rings is 1. The Balaban J connectivity index is 2.49. The van der Waals surface area contributed by atoms with E-state index in [-0.39, 0.29) is 0 Å². The Morgan fingerprint density at radius 2 is 2.14 bits per heavy atom. The van der Waals surface area contributed by atoms with Crippen LogP contribution in [0.5, 0.6) is 0 Å². The van der Waals surface area contributed by atoms with Gasteiger partial charge in [0.2, 0.25) is 0 Å². The molecule has 1 N–H and O–H groups in total. The lowest BCUT2D eigenvalue weighted by molar-refractivity contribution is 1.02. The Bertz CT molecular complexity index is 552. The van der Waals surface area contributed by atoms with Gasteiger partial charge in [-0.25, -0.2) is 0 Å². The molecule has 0 aromatic heterocycles. The van der Waals surface area contributed by atoms with Crippen molar-refractivity contribution in [1.82, 2.24) is 5.32 Å². The smallest absolute Gasteiger partial charge is 0.100 e. The van der Waals surface area contributed by atoms with Crippen LogP contribution in [0, 0.1) is 0 Å². The molecule has 0 bridgehead atoms. The van der Waals surface area contributed by atoms with Gasteiger partial charge in [0, 0.05) is 23.5 Å². The second-order valence-electron chi connectivity index (χ2n) is 3.33. The van der Waals surface area contributed by atoms with Crippen LogP contribution in [0.1, 0.15) is 0 Å². The summed E-state index contributed by atoms with van der Waals surface area (Å²) in [6, 6.07) is 8.20. The SMILES string of the molecule is C1=C2CNC=c3ccccc3=C2N=N1. The molecule has 0 unspecified atom stereocenters. The molecule has 0 aliphatic carbocycles. The maximum absolute atomic E-state index is 4.15. The third kappa shape index (κ3) is 0.988. The molecule has 3 heteroatoms. The van der Waals surface area contributed by atoms with Crippen molar-refractivity contribution >= 4 is 11.9 Å².